The zero-order valence-corrected chi connectivity index (χ0v) is 32.3. The first-order valence-corrected chi connectivity index (χ1v) is 19.9. The Bertz CT molecular complexity index is 1910. The fourth-order valence-electron chi connectivity index (χ4n) is 7.52. The number of nitrogens with zero attached hydrogens (tertiary/aromatic N) is 4. The fraction of sp³-hybridized carbons (Fsp3) is 0.240. The second kappa shape index (κ2) is 19.9. The largest absolute Gasteiger partial charge is 0.298 e. The van der Waals surface area contributed by atoms with Gasteiger partial charge in [0, 0.05) is 89.7 Å². The maximum absolute atomic E-state index is 11.2. The van der Waals surface area contributed by atoms with Gasteiger partial charge in [-0.2, -0.15) is 0 Å². The van der Waals surface area contributed by atoms with E-state index in [1.165, 1.54) is 22.3 Å². The van der Waals surface area contributed by atoms with E-state index in [0.717, 1.165) is 113 Å². The lowest BCUT2D eigenvalue weighted by Gasteiger charge is -2.34. The van der Waals surface area contributed by atoms with Gasteiger partial charge in [-0.1, -0.05) is 158 Å². The van der Waals surface area contributed by atoms with E-state index >= 15 is 0 Å². The van der Waals surface area contributed by atoms with Crippen molar-refractivity contribution in [1.29, 1.82) is 0 Å². The summed E-state index contributed by atoms with van der Waals surface area (Å²) in [5, 5.41) is 0. The topological polar surface area (TPSA) is 47.1 Å². The second-order valence-corrected chi connectivity index (χ2v) is 14.9. The van der Waals surface area contributed by atoms with Gasteiger partial charge in [0.25, 0.3) is 0 Å². The standard InChI is InChI=1S/C50H52N4O2/c55-39-45-15-23-49(24-16-45)47-19-11-43(12-20-47)37-53-31-27-51(35-41-7-3-1-4-8-41)28-32-54(34-30-52(29-33-53)36-42-9-5-2-6-10-42)38-44-13-21-48(22-14-44)50-25-17-46(40-56)18-26-50/h1-26,39-40H,27-38H2. The zero-order chi connectivity index (χ0) is 38.4. The minimum atomic E-state index is 0.696. The number of hydrogen-bond acceptors (Lipinski definition) is 6. The van der Waals surface area contributed by atoms with Crippen molar-refractivity contribution in [2.45, 2.75) is 26.2 Å². The fourth-order valence-corrected chi connectivity index (χ4v) is 7.52. The molecule has 0 aromatic heterocycles. The third kappa shape index (κ3) is 11.3. The number of carbonyl (C=O) groups is 2. The molecule has 6 heteroatoms. The second-order valence-electron chi connectivity index (χ2n) is 14.9. The van der Waals surface area contributed by atoms with Gasteiger partial charge in [-0.3, -0.25) is 29.2 Å². The summed E-state index contributed by atoms with van der Waals surface area (Å²) in [4.78, 5) is 32.9. The summed E-state index contributed by atoms with van der Waals surface area (Å²) in [6, 6.07) is 55.2. The van der Waals surface area contributed by atoms with Crippen LogP contribution >= 0.6 is 0 Å². The smallest absolute Gasteiger partial charge is 0.150 e. The first-order valence-electron chi connectivity index (χ1n) is 19.9. The van der Waals surface area contributed by atoms with Crippen molar-refractivity contribution in [3.05, 3.63) is 191 Å². The lowest BCUT2D eigenvalue weighted by Crippen LogP contribution is -2.45. The van der Waals surface area contributed by atoms with Crippen molar-refractivity contribution in [3.63, 3.8) is 0 Å². The van der Waals surface area contributed by atoms with E-state index in [4.69, 9.17) is 0 Å². The van der Waals surface area contributed by atoms with Crippen LogP contribution in [0.4, 0.5) is 0 Å². The summed E-state index contributed by atoms with van der Waals surface area (Å²) in [5.74, 6) is 0. The van der Waals surface area contributed by atoms with Crippen LogP contribution in [0.5, 0.6) is 0 Å². The van der Waals surface area contributed by atoms with Gasteiger partial charge in [-0.05, 0) is 44.5 Å². The van der Waals surface area contributed by atoms with Crippen LogP contribution in [0, 0.1) is 0 Å². The Morgan fingerprint density at radius 2 is 0.536 bits per heavy atom. The summed E-state index contributed by atoms with van der Waals surface area (Å²) in [6.07, 6.45) is 1.78. The third-order valence-electron chi connectivity index (χ3n) is 10.9. The molecule has 1 saturated heterocycles. The predicted octanol–water partition coefficient (Wildman–Crippen LogP) is 8.97. The summed E-state index contributed by atoms with van der Waals surface area (Å²) in [7, 11) is 0. The molecular formula is C50H52N4O2. The van der Waals surface area contributed by atoms with E-state index in [9.17, 15) is 9.59 Å². The van der Waals surface area contributed by atoms with Crippen LogP contribution in [-0.4, -0.2) is 84.5 Å². The molecule has 0 radical (unpaired) electrons. The Balaban J connectivity index is 1.08. The van der Waals surface area contributed by atoms with Gasteiger partial charge in [-0.25, -0.2) is 0 Å². The van der Waals surface area contributed by atoms with Crippen molar-refractivity contribution in [2.24, 2.45) is 0 Å². The number of aldehydes is 2. The molecule has 0 spiro atoms. The Morgan fingerprint density at radius 1 is 0.304 bits per heavy atom. The molecule has 284 valence electrons. The number of hydrogen-bond donors (Lipinski definition) is 0. The summed E-state index contributed by atoms with van der Waals surface area (Å²) >= 11 is 0. The highest BCUT2D eigenvalue weighted by molar-refractivity contribution is 5.77. The van der Waals surface area contributed by atoms with Crippen molar-refractivity contribution >= 4 is 12.6 Å². The number of benzene rings is 6. The molecule has 6 aromatic rings. The maximum atomic E-state index is 11.2. The number of carbonyl (C=O) groups excluding carboxylic acids is 2. The molecule has 0 saturated carbocycles. The lowest BCUT2D eigenvalue weighted by molar-refractivity contribution is 0.111. The summed E-state index contributed by atoms with van der Waals surface area (Å²) in [6.45, 7) is 11.5. The van der Waals surface area contributed by atoms with Crippen LogP contribution < -0.4 is 0 Å². The van der Waals surface area contributed by atoms with Gasteiger partial charge in [-0.15, -0.1) is 0 Å². The van der Waals surface area contributed by atoms with Crippen LogP contribution in [0.2, 0.25) is 0 Å². The highest BCUT2D eigenvalue weighted by atomic mass is 16.1. The van der Waals surface area contributed by atoms with E-state index in [1.807, 2.05) is 48.5 Å². The van der Waals surface area contributed by atoms with E-state index in [2.05, 4.69) is 129 Å². The van der Waals surface area contributed by atoms with Crippen LogP contribution in [-0.2, 0) is 26.2 Å². The average Bonchev–Trinajstić information content (AvgIpc) is 3.26. The Labute approximate surface area is 332 Å². The van der Waals surface area contributed by atoms with E-state index in [0.29, 0.717) is 11.1 Å². The van der Waals surface area contributed by atoms with Crippen molar-refractivity contribution in [2.75, 3.05) is 52.4 Å². The predicted molar refractivity (Wildman–Crippen MR) is 229 cm³/mol. The molecule has 56 heavy (non-hydrogen) atoms. The highest BCUT2D eigenvalue weighted by Gasteiger charge is 2.18. The molecule has 6 aromatic carbocycles. The van der Waals surface area contributed by atoms with Crippen molar-refractivity contribution in [3.8, 4) is 22.3 Å². The third-order valence-corrected chi connectivity index (χ3v) is 10.9. The SMILES string of the molecule is O=Cc1ccc(-c2ccc(CN3CCN(Cc4ccccc4)CCN(Cc4ccc(-c5ccc(C=O)cc5)cc4)CCN(Cc4ccccc4)CC3)cc2)cc1. The molecule has 1 aliphatic rings. The first-order chi connectivity index (χ1) is 27.6. The highest BCUT2D eigenvalue weighted by Crippen LogP contribution is 2.23. The molecule has 1 fully saturated rings. The quantitative estimate of drug-likeness (QED) is 0.117. The van der Waals surface area contributed by atoms with Crippen LogP contribution in [0.3, 0.4) is 0 Å². The van der Waals surface area contributed by atoms with Crippen molar-refractivity contribution in [1.82, 2.24) is 19.6 Å². The number of rotatable bonds is 12. The Hall–Kier alpha value is -5.50. The molecule has 0 atom stereocenters. The average molecular weight is 741 g/mol. The molecule has 0 N–H and O–H groups in total. The minimum absolute atomic E-state index is 0.696. The van der Waals surface area contributed by atoms with Gasteiger partial charge >= 0.3 is 0 Å². The summed E-state index contributed by atoms with van der Waals surface area (Å²) in [5.41, 5.74) is 11.3. The van der Waals surface area contributed by atoms with Gasteiger partial charge in [0.05, 0.1) is 0 Å². The van der Waals surface area contributed by atoms with Gasteiger partial charge in [0.2, 0.25) is 0 Å². The normalized spacial score (nSPS) is 15.4. The van der Waals surface area contributed by atoms with Crippen molar-refractivity contribution < 1.29 is 9.59 Å². The van der Waals surface area contributed by atoms with Gasteiger partial charge in [0.1, 0.15) is 12.6 Å². The van der Waals surface area contributed by atoms with E-state index in [1.54, 1.807) is 0 Å². The Kier molecular flexibility index (Phi) is 13.8. The lowest BCUT2D eigenvalue weighted by atomic mass is 10.0. The molecule has 0 bridgehead atoms. The maximum Gasteiger partial charge on any atom is 0.150 e. The molecular weight excluding hydrogens is 689 g/mol. The van der Waals surface area contributed by atoms with Crippen LogP contribution in [0.1, 0.15) is 43.0 Å². The zero-order valence-electron chi connectivity index (χ0n) is 32.3. The van der Waals surface area contributed by atoms with E-state index in [-0.39, 0.29) is 0 Å². The molecule has 0 unspecified atom stereocenters. The van der Waals surface area contributed by atoms with Gasteiger partial charge < -0.3 is 0 Å². The molecule has 1 heterocycles. The minimum Gasteiger partial charge on any atom is -0.298 e. The van der Waals surface area contributed by atoms with Gasteiger partial charge in [0.15, 0.2) is 0 Å². The van der Waals surface area contributed by atoms with E-state index < -0.39 is 0 Å². The molecule has 0 aliphatic carbocycles. The molecule has 0 amide bonds. The molecule has 1 aliphatic heterocycles. The Morgan fingerprint density at radius 3 is 0.786 bits per heavy atom. The van der Waals surface area contributed by atoms with Crippen LogP contribution in [0.25, 0.3) is 22.3 Å². The molecule has 6 nitrogen and oxygen atoms in total. The monoisotopic (exact) mass is 740 g/mol. The van der Waals surface area contributed by atoms with Crippen LogP contribution in [0.15, 0.2) is 158 Å². The molecule has 7 rings (SSSR count). The summed E-state index contributed by atoms with van der Waals surface area (Å²) < 4.78 is 0. The first kappa shape index (κ1) is 38.8.